The number of halogens is 1. The lowest BCUT2D eigenvalue weighted by atomic mass is 10.1. The van der Waals surface area contributed by atoms with Crippen LogP contribution in [0, 0.1) is 12.7 Å². The van der Waals surface area contributed by atoms with Gasteiger partial charge >= 0.3 is 0 Å². The Morgan fingerprint density at radius 2 is 1.96 bits per heavy atom. The first kappa shape index (κ1) is 19.8. The average Bonchev–Trinajstić information content (AvgIpc) is 3.15. The molecule has 1 amide bonds. The molecular weight excluding hydrogens is 381 g/mol. The molecule has 0 spiro atoms. The number of carbonyl (C=O) groups excluding carboxylic acids is 1. The molecule has 0 bridgehead atoms. The number of thioether (sulfide) groups is 1. The molecule has 0 fully saturated rings. The molecule has 1 aromatic heterocycles. The van der Waals surface area contributed by atoms with Gasteiger partial charge in [0.1, 0.15) is 11.6 Å². The van der Waals surface area contributed by atoms with Crippen LogP contribution in [0.4, 0.5) is 4.39 Å². The van der Waals surface area contributed by atoms with Gasteiger partial charge in [-0.05, 0) is 52.2 Å². The van der Waals surface area contributed by atoms with Gasteiger partial charge in [-0.3, -0.25) is 4.79 Å². The zero-order valence-electron chi connectivity index (χ0n) is 15.6. The highest BCUT2D eigenvalue weighted by molar-refractivity contribution is 7.99. The van der Waals surface area contributed by atoms with Gasteiger partial charge in [-0.2, -0.15) is 0 Å². The maximum absolute atomic E-state index is 13.6. The minimum Gasteiger partial charge on any atom is -0.497 e. The van der Waals surface area contributed by atoms with E-state index >= 15 is 0 Å². The second kappa shape index (κ2) is 9.32. The third kappa shape index (κ3) is 5.29. The van der Waals surface area contributed by atoms with E-state index in [2.05, 4.69) is 20.8 Å². The summed E-state index contributed by atoms with van der Waals surface area (Å²) >= 11 is 1.25. The summed E-state index contributed by atoms with van der Waals surface area (Å²) in [4.78, 5) is 12.1. The molecule has 0 saturated carbocycles. The summed E-state index contributed by atoms with van der Waals surface area (Å²) in [7, 11) is 1.62. The molecule has 1 heterocycles. The molecular formula is C19H20FN5O2S. The van der Waals surface area contributed by atoms with Gasteiger partial charge in [0, 0.05) is 6.54 Å². The SMILES string of the molecule is COc1ccc(Cn2nnnc2SCC(=O)NCc2ccc(C)c(F)c2)cc1. The number of hydrogen-bond acceptors (Lipinski definition) is 6. The van der Waals surface area contributed by atoms with Crippen LogP contribution in [0.5, 0.6) is 5.75 Å². The summed E-state index contributed by atoms with van der Waals surface area (Å²) in [5.74, 6) is 0.487. The number of aryl methyl sites for hydroxylation is 1. The number of benzene rings is 2. The smallest absolute Gasteiger partial charge is 0.230 e. The largest absolute Gasteiger partial charge is 0.497 e. The fourth-order valence-corrected chi connectivity index (χ4v) is 3.14. The highest BCUT2D eigenvalue weighted by atomic mass is 32.2. The maximum Gasteiger partial charge on any atom is 0.230 e. The fraction of sp³-hybridized carbons (Fsp3) is 0.263. The van der Waals surface area contributed by atoms with Crippen LogP contribution in [0.1, 0.15) is 16.7 Å². The molecule has 0 saturated heterocycles. The summed E-state index contributed by atoms with van der Waals surface area (Å²) in [6, 6.07) is 12.5. The van der Waals surface area contributed by atoms with Crippen molar-refractivity contribution in [1.82, 2.24) is 25.5 Å². The van der Waals surface area contributed by atoms with E-state index in [-0.39, 0.29) is 24.0 Å². The summed E-state index contributed by atoms with van der Waals surface area (Å²) in [6.45, 7) is 2.46. The van der Waals surface area contributed by atoms with Gasteiger partial charge in [-0.1, -0.05) is 36.0 Å². The number of hydrogen-bond donors (Lipinski definition) is 1. The van der Waals surface area contributed by atoms with Gasteiger partial charge < -0.3 is 10.1 Å². The van der Waals surface area contributed by atoms with E-state index in [4.69, 9.17) is 4.74 Å². The fourth-order valence-electron chi connectivity index (χ4n) is 2.43. The Labute approximate surface area is 166 Å². The maximum atomic E-state index is 13.6. The van der Waals surface area contributed by atoms with Gasteiger partial charge in [0.05, 0.1) is 19.4 Å². The first-order chi connectivity index (χ1) is 13.5. The molecule has 9 heteroatoms. The Kier molecular flexibility index (Phi) is 6.59. The van der Waals surface area contributed by atoms with Crippen LogP contribution < -0.4 is 10.1 Å². The van der Waals surface area contributed by atoms with Crippen molar-refractivity contribution in [2.45, 2.75) is 25.2 Å². The predicted molar refractivity (Wildman–Crippen MR) is 104 cm³/mol. The molecule has 28 heavy (non-hydrogen) atoms. The number of nitrogens with zero attached hydrogens (tertiary/aromatic N) is 4. The second-order valence-electron chi connectivity index (χ2n) is 6.12. The first-order valence-electron chi connectivity index (χ1n) is 8.59. The predicted octanol–water partition coefficient (Wildman–Crippen LogP) is 2.59. The van der Waals surface area contributed by atoms with Crippen LogP contribution in [0.25, 0.3) is 0 Å². The van der Waals surface area contributed by atoms with E-state index in [0.29, 0.717) is 22.8 Å². The lowest BCUT2D eigenvalue weighted by Gasteiger charge is -2.07. The molecule has 2 aromatic carbocycles. The average molecular weight is 401 g/mol. The van der Waals surface area contributed by atoms with Crippen molar-refractivity contribution in [2.75, 3.05) is 12.9 Å². The lowest BCUT2D eigenvalue weighted by molar-refractivity contribution is -0.118. The molecule has 146 valence electrons. The molecule has 3 rings (SSSR count). The van der Waals surface area contributed by atoms with Crippen molar-refractivity contribution in [3.05, 3.63) is 65.0 Å². The van der Waals surface area contributed by atoms with Crippen LogP contribution in [0.15, 0.2) is 47.6 Å². The molecule has 0 unspecified atom stereocenters. The monoisotopic (exact) mass is 401 g/mol. The Hall–Kier alpha value is -2.94. The molecule has 0 aliphatic heterocycles. The van der Waals surface area contributed by atoms with Gasteiger partial charge in [-0.25, -0.2) is 9.07 Å². The van der Waals surface area contributed by atoms with E-state index in [1.54, 1.807) is 30.8 Å². The number of carbonyl (C=O) groups is 1. The van der Waals surface area contributed by atoms with Gasteiger partial charge in [-0.15, -0.1) is 5.10 Å². The number of tetrazole rings is 1. The molecule has 7 nitrogen and oxygen atoms in total. The third-order valence-electron chi connectivity index (χ3n) is 4.05. The Bertz CT molecular complexity index is 946. The highest BCUT2D eigenvalue weighted by Crippen LogP contribution is 2.17. The van der Waals surface area contributed by atoms with E-state index in [1.807, 2.05) is 24.3 Å². The van der Waals surface area contributed by atoms with Crippen LogP contribution >= 0.6 is 11.8 Å². The zero-order chi connectivity index (χ0) is 19.9. The molecule has 3 aromatic rings. The Balaban J connectivity index is 1.51. The molecule has 1 N–H and O–H groups in total. The lowest BCUT2D eigenvalue weighted by Crippen LogP contribution is -2.24. The van der Waals surface area contributed by atoms with Gasteiger partial charge in [0.15, 0.2) is 0 Å². The van der Waals surface area contributed by atoms with E-state index in [1.165, 1.54) is 17.8 Å². The first-order valence-corrected chi connectivity index (χ1v) is 9.57. The quantitative estimate of drug-likeness (QED) is 0.585. The van der Waals surface area contributed by atoms with E-state index in [9.17, 15) is 9.18 Å². The van der Waals surface area contributed by atoms with Crippen LogP contribution in [-0.2, 0) is 17.9 Å². The topological polar surface area (TPSA) is 81.9 Å². The van der Waals surface area contributed by atoms with Crippen molar-refractivity contribution in [1.29, 1.82) is 0 Å². The highest BCUT2D eigenvalue weighted by Gasteiger charge is 2.11. The number of ether oxygens (including phenoxy) is 1. The van der Waals surface area contributed by atoms with Crippen LogP contribution in [-0.4, -0.2) is 39.0 Å². The number of amides is 1. The molecule has 0 radical (unpaired) electrons. The Morgan fingerprint density at radius 3 is 2.68 bits per heavy atom. The normalized spacial score (nSPS) is 10.7. The van der Waals surface area contributed by atoms with E-state index < -0.39 is 0 Å². The minimum atomic E-state index is -0.279. The van der Waals surface area contributed by atoms with Gasteiger partial charge in [0.25, 0.3) is 0 Å². The summed E-state index contributed by atoms with van der Waals surface area (Å²) in [6.07, 6.45) is 0. The molecule has 0 aliphatic rings. The van der Waals surface area contributed by atoms with Crippen LogP contribution in [0.2, 0.25) is 0 Å². The molecule has 0 atom stereocenters. The van der Waals surface area contributed by atoms with Crippen molar-refractivity contribution >= 4 is 17.7 Å². The number of nitrogens with one attached hydrogen (secondary N) is 1. The van der Waals surface area contributed by atoms with Gasteiger partial charge in [0.2, 0.25) is 11.1 Å². The van der Waals surface area contributed by atoms with Crippen molar-refractivity contribution < 1.29 is 13.9 Å². The number of rotatable bonds is 8. The number of methoxy groups -OCH3 is 1. The molecule has 0 aliphatic carbocycles. The van der Waals surface area contributed by atoms with Crippen molar-refractivity contribution in [3.8, 4) is 5.75 Å². The Morgan fingerprint density at radius 1 is 1.21 bits per heavy atom. The standard InChI is InChI=1S/C19H20FN5O2S/c1-13-3-4-15(9-17(13)20)10-21-18(26)12-28-19-22-23-24-25(19)11-14-5-7-16(27-2)8-6-14/h3-9H,10-12H2,1-2H3,(H,21,26). The zero-order valence-corrected chi connectivity index (χ0v) is 16.4. The van der Waals surface area contributed by atoms with Crippen molar-refractivity contribution in [3.63, 3.8) is 0 Å². The van der Waals surface area contributed by atoms with Crippen molar-refractivity contribution in [2.24, 2.45) is 0 Å². The number of aromatic nitrogens is 4. The summed E-state index contributed by atoms with van der Waals surface area (Å²) in [5.41, 5.74) is 2.31. The summed E-state index contributed by atoms with van der Waals surface area (Å²) in [5, 5.41) is 14.9. The summed E-state index contributed by atoms with van der Waals surface area (Å²) < 4.78 is 20.3. The second-order valence-corrected chi connectivity index (χ2v) is 7.06. The van der Waals surface area contributed by atoms with E-state index in [0.717, 1.165) is 11.3 Å². The minimum absolute atomic E-state index is 0.164. The van der Waals surface area contributed by atoms with Crippen LogP contribution in [0.3, 0.4) is 0 Å². The third-order valence-corrected chi connectivity index (χ3v) is 5.01.